The van der Waals surface area contributed by atoms with Crippen LogP contribution >= 0.6 is 0 Å². The maximum absolute atomic E-state index is 13.4. The van der Waals surface area contributed by atoms with Crippen LogP contribution in [0.4, 0.5) is 4.79 Å². The first-order valence-electron chi connectivity index (χ1n) is 12.7. The lowest BCUT2D eigenvalue weighted by atomic mass is 9.87. The van der Waals surface area contributed by atoms with Crippen LogP contribution in [0.25, 0.3) is 11.0 Å². The summed E-state index contributed by atoms with van der Waals surface area (Å²) in [5, 5.41) is 12.3. The zero-order valence-corrected chi connectivity index (χ0v) is 22.0. The number of hydrogen-bond acceptors (Lipinski definition) is 8. The topological polar surface area (TPSA) is 159 Å². The summed E-state index contributed by atoms with van der Waals surface area (Å²) in [5.41, 5.74) is -0.615. The molecule has 0 bridgehead atoms. The fraction of sp³-hybridized carbons (Fsp3) is 0.462. The van der Waals surface area contributed by atoms with Crippen molar-refractivity contribution in [3.05, 3.63) is 52.5 Å². The van der Waals surface area contributed by atoms with Crippen molar-refractivity contribution in [2.75, 3.05) is 13.1 Å². The quantitative estimate of drug-likeness (QED) is 0.478. The molecule has 0 radical (unpaired) electrons. The van der Waals surface area contributed by atoms with Crippen LogP contribution < -0.4 is 10.9 Å². The third-order valence-corrected chi connectivity index (χ3v) is 7.08. The third-order valence-electron chi connectivity index (χ3n) is 7.08. The van der Waals surface area contributed by atoms with Crippen LogP contribution in [0.1, 0.15) is 45.0 Å². The van der Waals surface area contributed by atoms with E-state index in [0.717, 1.165) is 5.56 Å². The number of rotatable bonds is 5. The lowest BCUT2D eigenvalue weighted by Gasteiger charge is -2.37. The number of aromatic nitrogens is 5. The lowest BCUT2D eigenvalue weighted by molar-refractivity contribution is -0.139. The summed E-state index contributed by atoms with van der Waals surface area (Å²) in [6.45, 7) is 6.80. The minimum Gasteiger partial charge on any atom is -0.341 e. The van der Waals surface area contributed by atoms with Crippen LogP contribution in [0.5, 0.6) is 0 Å². The van der Waals surface area contributed by atoms with Crippen molar-refractivity contribution in [1.82, 2.24) is 39.4 Å². The Balaban J connectivity index is 1.33. The van der Waals surface area contributed by atoms with Gasteiger partial charge in [0.25, 0.3) is 11.5 Å². The molecule has 2 aliphatic heterocycles. The number of carbonyl (C=O) groups excluding carboxylic acids is 3. The van der Waals surface area contributed by atoms with Crippen molar-refractivity contribution in [3.63, 3.8) is 0 Å². The first-order valence-corrected chi connectivity index (χ1v) is 12.7. The van der Waals surface area contributed by atoms with E-state index >= 15 is 0 Å². The van der Waals surface area contributed by atoms with Gasteiger partial charge in [-0.05, 0) is 36.0 Å². The first-order chi connectivity index (χ1) is 18.5. The molecule has 1 N–H and O–H groups in total. The Labute approximate surface area is 224 Å². The van der Waals surface area contributed by atoms with Crippen molar-refractivity contribution >= 4 is 28.9 Å². The van der Waals surface area contributed by atoms with E-state index in [1.165, 1.54) is 15.8 Å². The fourth-order valence-corrected chi connectivity index (χ4v) is 5.10. The Morgan fingerprint density at radius 3 is 2.46 bits per heavy atom. The predicted octanol–water partition coefficient (Wildman–Crippen LogP) is 1.02. The van der Waals surface area contributed by atoms with E-state index in [2.05, 4.69) is 20.3 Å². The first kappa shape index (κ1) is 26.0. The summed E-state index contributed by atoms with van der Waals surface area (Å²) < 4.78 is 2.98. The maximum atomic E-state index is 13.4. The Hall–Kier alpha value is -4.60. The van der Waals surface area contributed by atoms with E-state index in [-0.39, 0.29) is 67.5 Å². The molecule has 39 heavy (non-hydrogen) atoms. The van der Waals surface area contributed by atoms with Gasteiger partial charge in [0, 0.05) is 38.2 Å². The van der Waals surface area contributed by atoms with Crippen LogP contribution in [0.3, 0.4) is 0 Å². The number of carbonyl (C=O) groups is 3. The van der Waals surface area contributed by atoms with Gasteiger partial charge in [0.2, 0.25) is 11.7 Å². The number of nitrogens with one attached hydrogen (secondary N) is 1. The van der Waals surface area contributed by atoms with Crippen molar-refractivity contribution in [1.29, 1.82) is 5.26 Å². The molecule has 0 aliphatic carbocycles. The van der Waals surface area contributed by atoms with Crippen molar-refractivity contribution in [3.8, 4) is 6.07 Å². The summed E-state index contributed by atoms with van der Waals surface area (Å²) in [7, 11) is 0. The largest absolute Gasteiger partial charge is 0.341 e. The molecule has 0 unspecified atom stereocenters. The van der Waals surface area contributed by atoms with Gasteiger partial charge in [-0.2, -0.15) is 10.2 Å². The highest BCUT2D eigenvalue weighted by atomic mass is 16.2. The van der Waals surface area contributed by atoms with Crippen LogP contribution in [-0.2, 0) is 29.2 Å². The number of likely N-dealkylation sites (tertiary alicyclic amines) is 1. The number of urea groups is 1. The average Bonchev–Trinajstić information content (AvgIpc) is 3.28. The number of hydrogen-bond donors (Lipinski definition) is 1. The summed E-state index contributed by atoms with van der Waals surface area (Å²) in [5.74, 6) is -0.648. The number of piperidine rings is 1. The molecule has 2 fully saturated rings. The van der Waals surface area contributed by atoms with Gasteiger partial charge in [0.1, 0.15) is 23.5 Å². The Morgan fingerprint density at radius 2 is 1.82 bits per heavy atom. The van der Waals surface area contributed by atoms with Crippen molar-refractivity contribution in [2.24, 2.45) is 5.41 Å². The average molecular weight is 532 g/mol. The number of imide groups is 1. The second-order valence-corrected chi connectivity index (χ2v) is 11.2. The third kappa shape index (κ3) is 4.85. The SMILES string of the molecule is CC(C)(C)Cn1c2nc(C#N)ncc2c(=O)n1CC(=O)N1CCC2(CC1)NC(=O)N(Cc1ccncc1)C2=O. The molecule has 3 aromatic rings. The zero-order chi connectivity index (χ0) is 27.9. The van der Waals surface area contributed by atoms with E-state index in [1.807, 2.05) is 26.8 Å². The summed E-state index contributed by atoms with van der Waals surface area (Å²) >= 11 is 0. The normalized spacial score (nSPS) is 17.1. The van der Waals surface area contributed by atoms with E-state index in [0.29, 0.717) is 12.2 Å². The van der Waals surface area contributed by atoms with E-state index < -0.39 is 17.1 Å². The highest BCUT2D eigenvalue weighted by Gasteiger charge is 2.52. The van der Waals surface area contributed by atoms with Gasteiger partial charge < -0.3 is 10.2 Å². The Morgan fingerprint density at radius 1 is 1.13 bits per heavy atom. The molecule has 3 aromatic heterocycles. The van der Waals surface area contributed by atoms with Crippen LogP contribution in [0.15, 0.2) is 35.5 Å². The molecule has 202 valence electrons. The van der Waals surface area contributed by atoms with Crippen LogP contribution in [0, 0.1) is 16.7 Å². The molecule has 13 nitrogen and oxygen atoms in total. The molecule has 2 saturated heterocycles. The zero-order valence-electron chi connectivity index (χ0n) is 22.0. The van der Waals surface area contributed by atoms with Gasteiger partial charge in [-0.25, -0.2) is 14.5 Å². The molecular formula is C26H29N9O4. The highest BCUT2D eigenvalue weighted by molar-refractivity contribution is 6.07. The van der Waals surface area contributed by atoms with Gasteiger partial charge in [0.05, 0.1) is 6.54 Å². The van der Waals surface area contributed by atoms with Gasteiger partial charge in [-0.1, -0.05) is 20.8 Å². The monoisotopic (exact) mass is 531 g/mol. The summed E-state index contributed by atoms with van der Waals surface area (Å²) in [4.78, 5) is 67.5. The Bertz CT molecular complexity index is 1550. The smallest absolute Gasteiger partial charge is 0.325 e. The highest BCUT2D eigenvalue weighted by Crippen LogP contribution is 2.30. The molecule has 0 saturated carbocycles. The van der Waals surface area contributed by atoms with E-state index in [4.69, 9.17) is 0 Å². The molecule has 0 atom stereocenters. The number of nitrogens with zero attached hydrogens (tertiary/aromatic N) is 8. The number of amides is 4. The molecular weight excluding hydrogens is 502 g/mol. The maximum Gasteiger partial charge on any atom is 0.325 e. The van der Waals surface area contributed by atoms with E-state index in [1.54, 1.807) is 34.1 Å². The molecule has 13 heteroatoms. The minimum absolute atomic E-state index is 0.0591. The standard InChI is InChI=1S/C26H29N9O4/c1-25(2,3)16-35-21-18(13-29-19(12-27)30-21)22(37)34(35)15-20(36)32-10-6-26(7-11-32)23(38)33(24(39)31-26)14-17-4-8-28-9-5-17/h4-5,8-9,13H,6-7,10-11,14-16H2,1-3H3,(H,31,39). The van der Waals surface area contributed by atoms with Crippen molar-refractivity contribution in [2.45, 2.75) is 58.8 Å². The van der Waals surface area contributed by atoms with Gasteiger partial charge in [-0.15, -0.1) is 0 Å². The molecule has 2 aliphatic rings. The number of pyridine rings is 1. The lowest BCUT2D eigenvalue weighted by Crippen LogP contribution is -2.56. The van der Waals surface area contributed by atoms with Gasteiger partial charge >= 0.3 is 6.03 Å². The fourth-order valence-electron chi connectivity index (χ4n) is 5.10. The Kier molecular flexibility index (Phi) is 6.41. The summed E-state index contributed by atoms with van der Waals surface area (Å²) in [6, 6.07) is 4.94. The van der Waals surface area contributed by atoms with Gasteiger partial charge in [-0.3, -0.25) is 28.9 Å². The summed E-state index contributed by atoms with van der Waals surface area (Å²) in [6.07, 6.45) is 5.07. The molecule has 0 aromatic carbocycles. The molecule has 5 rings (SSSR count). The van der Waals surface area contributed by atoms with Crippen LogP contribution in [-0.4, -0.2) is 70.6 Å². The number of nitriles is 1. The molecule has 5 heterocycles. The predicted molar refractivity (Wildman–Crippen MR) is 138 cm³/mol. The minimum atomic E-state index is -1.05. The molecule has 1 spiro atoms. The van der Waals surface area contributed by atoms with E-state index in [9.17, 15) is 24.4 Å². The van der Waals surface area contributed by atoms with Crippen molar-refractivity contribution < 1.29 is 14.4 Å². The number of fused-ring (bicyclic) bond motifs is 1. The second kappa shape index (κ2) is 9.61. The second-order valence-electron chi connectivity index (χ2n) is 11.2. The molecule has 4 amide bonds. The van der Waals surface area contributed by atoms with Gasteiger partial charge in [0.15, 0.2) is 5.65 Å². The van der Waals surface area contributed by atoms with Crippen LogP contribution in [0.2, 0.25) is 0 Å².